The summed E-state index contributed by atoms with van der Waals surface area (Å²) in [7, 11) is 0. The Bertz CT molecular complexity index is 467. The van der Waals surface area contributed by atoms with Gasteiger partial charge in [0.05, 0.1) is 0 Å². The first-order valence-electron chi connectivity index (χ1n) is 6.54. The smallest absolute Gasteiger partial charge is 0.252 e. The van der Waals surface area contributed by atoms with Crippen LogP contribution in [0.2, 0.25) is 0 Å². The van der Waals surface area contributed by atoms with Crippen LogP contribution in [-0.2, 0) is 4.79 Å². The second-order valence-corrected chi connectivity index (χ2v) is 5.20. The molecule has 2 amide bonds. The lowest BCUT2D eigenvalue weighted by Gasteiger charge is -2.25. The molecule has 0 aliphatic heterocycles. The van der Waals surface area contributed by atoms with Crippen LogP contribution in [0.5, 0.6) is 0 Å². The van der Waals surface area contributed by atoms with Gasteiger partial charge in [0.15, 0.2) is 0 Å². The van der Waals surface area contributed by atoms with Gasteiger partial charge in [-0.15, -0.1) is 0 Å². The van der Waals surface area contributed by atoms with Crippen molar-refractivity contribution in [2.45, 2.75) is 39.7 Å². The van der Waals surface area contributed by atoms with Crippen LogP contribution in [0.4, 0.5) is 0 Å². The van der Waals surface area contributed by atoms with Gasteiger partial charge in [-0.1, -0.05) is 24.6 Å². The summed E-state index contributed by atoms with van der Waals surface area (Å²) < 4.78 is 0. The zero-order valence-electron chi connectivity index (χ0n) is 12.0. The number of amides is 2. The number of carbonyl (C=O) groups excluding carboxylic acids is 2. The van der Waals surface area contributed by atoms with Crippen molar-refractivity contribution in [1.82, 2.24) is 10.6 Å². The van der Waals surface area contributed by atoms with Gasteiger partial charge in [0.2, 0.25) is 5.91 Å². The highest BCUT2D eigenvalue weighted by molar-refractivity contribution is 5.99. The Hall–Kier alpha value is -1.84. The van der Waals surface area contributed by atoms with Crippen molar-refractivity contribution < 1.29 is 9.59 Å². The maximum atomic E-state index is 12.1. The molecule has 4 nitrogen and oxygen atoms in total. The van der Waals surface area contributed by atoms with E-state index < -0.39 is 5.54 Å². The van der Waals surface area contributed by atoms with Crippen LogP contribution in [0.3, 0.4) is 0 Å². The van der Waals surface area contributed by atoms with E-state index in [9.17, 15) is 9.59 Å². The molecule has 0 radical (unpaired) electrons. The van der Waals surface area contributed by atoms with Crippen molar-refractivity contribution in [3.8, 4) is 0 Å². The minimum atomic E-state index is -0.921. The Morgan fingerprint density at radius 3 is 2.53 bits per heavy atom. The fraction of sp³-hybridized carbons (Fsp3) is 0.467. The molecule has 2 N–H and O–H groups in total. The van der Waals surface area contributed by atoms with Gasteiger partial charge < -0.3 is 10.6 Å². The lowest BCUT2D eigenvalue weighted by atomic mass is 10.0. The van der Waals surface area contributed by atoms with Crippen LogP contribution < -0.4 is 10.6 Å². The van der Waals surface area contributed by atoms with Crippen molar-refractivity contribution in [1.29, 1.82) is 0 Å². The molecule has 1 rings (SSSR count). The summed E-state index contributed by atoms with van der Waals surface area (Å²) in [5.74, 6) is -0.407. The molecular formula is C15H22N2O2. The minimum Gasteiger partial charge on any atom is -0.354 e. The first-order valence-corrected chi connectivity index (χ1v) is 6.54. The van der Waals surface area contributed by atoms with Gasteiger partial charge in [-0.25, -0.2) is 0 Å². The molecule has 0 unspecified atom stereocenters. The fourth-order valence-electron chi connectivity index (χ4n) is 1.66. The van der Waals surface area contributed by atoms with Crippen LogP contribution in [0, 0.1) is 6.92 Å². The Labute approximate surface area is 114 Å². The first kappa shape index (κ1) is 15.2. The van der Waals surface area contributed by atoms with E-state index in [1.165, 1.54) is 0 Å². The molecule has 0 spiro atoms. The largest absolute Gasteiger partial charge is 0.354 e. The van der Waals surface area contributed by atoms with Crippen molar-refractivity contribution in [3.63, 3.8) is 0 Å². The molecule has 1 aromatic carbocycles. The van der Waals surface area contributed by atoms with E-state index in [4.69, 9.17) is 0 Å². The molecular weight excluding hydrogens is 240 g/mol. The van der Waals surface area contributed by atoms with E-state index in [2.05, 4.69) is 10.6 Å². The molecule has 1 aromatic rings. The van der Waals surface area contributed by atoms with Gasteiger partial charge in [0.25, 0.3) is 5.91 Å². The lowest BCUT2D eigenvalue weighted by molar-refractivity contribution is -0.126. The second kappa shape index (κ2) is 6.36. The summed E-state index contributed by atoms with van der Waals surface area (Å²) in [5, 5.41) is 5.54. The molecule has 0 saturated heterocycles. The maximum Gasteiger partial charge on any atom is 0.252 e. The lowest BCUT2D eigenvalue weighted by Crippen LogP contribution is -2.54. The molecule has 0 atom stereocenters. The van der Waals surface area contributed by atoms with E-state index in [-0.39, 0.29) is 11.8 Å². The van der Waals surface area contributed by atoms with Crippen LogP contribution in [0.25, 0.3) is 0 Å². The quantitative estimate of drug-likeness (QED) is 0.853. The van der Waals surface area contributed by atoms with Crippen LogP contribution in [-0.4, -0.2) is 23.9 Å². The third-order valence-corrected chi connectivity index (χ3v) is 2.81. The highest BCUT2D eigenvalue weighted by Crippen LogP contribution is 2.08. The van der Waals surface area contributed by atoms with Crippen LogP contribution >= 0.6 is 0 Å². The van der Waals surface area contributed by atoms with Gasteiger partial charge in [-0.3, -0.25) is 9.59 Å². The molecule has 0 bridgehead atoms. The molecule has 0 fully saturated rings. The summed E-state index contributed by atoms with van der Waals surface area (Å²) >= 11 is 0. The Morgan fingerprint density at radius 1 is 1.26 bits per heavy atom. The predicted molar refractivity (Wildman–Crippen MR) is 76.0 cm³/mol. The normalized spacial score (nSPS) is 10.9. The Balaban J connectivity index is 2.72. The summed E-state index contributed by atoms with van der Waals surface area (Å²) in [5.41, 5.74) is 0.660. The van der Waals surface area contributed by atoms with E-state index in [0.29, 0.717) is 12.1 Å². The monoisotopic (exact) mass is 262 g/mol. The minimum absolute atomic E-state index is 0.171. The summed E-state index contributed by atoms with van der Waals surface area (Å²) in [6.07, 6.45) is 0.869. The number of rotatable bonds is 5. The van der Waals surface area contributed by atoms with Gasteiger partial charge >= 0.3 is 0 Å². The molecule has 104 valence electrons. The highest BCUT2D eigenvalue weighted by Gasteiger charge is 2.29. The molecule has 0 heterocycles. The summed E-state index contributed by atoms with van der Waals surface area (Å²) in [6, 6.07) is 7.29. The third-order valence-electron chi connectivity index (χ3n) is 2.81. The van der Waals surface area contributed by atoms with Crippen molar-refractivity contribution >= 4 is 11.8 Å². The molecule has 0 aliphatic rings. The average Bonchev–Trinajstić information content (AvgIpc) is 2.35. The Morgan fingerprint density at radius 2 is 1.95 bits per heavy atom. The Kier molecular flexibility index (Phi) is 5.10. The maximum absolute atomic E-state index is 12.1. The van der Waals surface area contributed by atoms with Crippen LogP contribution in [0.1, 0.15) is 43.1 Å². The van der Waals surface area contributed by atoms with E-state index in [1.54, 1.807) is 26.0 Å². The second-order valence-electron chi connectivity index (χ2n) is 5.20. The zero-order chi connectivity index (χ0) is 14.5. The van der Waals surface area contributed by atoms with Crippen molar-refractivity contribution in [2.75, 3.05) is 6.54 Å². The number of benzene rings is 1. The average molecular weight is 262 g/mol. The van der Waals surface area contributed by atoms with E-state index in [0.717, 1.165) is 12.0 Å². The summed E-state index contributed by atoms with van der Waals surface area (Å²) in [6.45, 7) is 7.93. The predicted octanol–water partition coefficient (Wildman–Crippen LogP) is 2.03. The van der Waals surface area contributed by atoms with Gasteiger partial charge in [-0.05, 0) is 39.3 Å². The third kappa shape index (κ3) is 4.39. The SMILES string of the molecule is CCCNC(=O)C(C)(C)NC(=O)c1cccc(C)c1. The standard InChI is InChI=1S/C15H22N2O2/c1-5-9-16-14(19)15(3,4)17-13(18)12-8-6-7-11(2)10-12/h6-8,10H,5,9H2,1-4H3,(H,16,19)(H,17,18). The molecule has 0 saturated carbocycles. The van der Waals surface area contributed by atoms with Gasteiger partial charge in [-0.2, -0.15) is 0 Å². The molecule has 0 aliphatic carbocycles. The first-order chi connectivity index (χ1) is 8.86. The number of hydrogen-bond acceptors (Lipinski definition) is 2. The molecule has 4 heteroatoms. The number of hydrogen-bond donors (Lipinski definition) is 2. The topological polar surface area (TPSA) is 58.2 Å². The van der Waals surface area contributed by atoms with Gasteiger partial charge in [0.1, 0.15) is 5.54 Å². The number of carbonyl (C=O) groups is 2. The number of nitrogens with one attached hydrogen (secondary N) is 2. The van der Waals surface area contributed by atoms with Crippen molar-refractivity contribution in [2.24, 2.45) is 0 Å². The van der Waals surface area contributed by atoms with Crippen LogP contribution in [0.15, 0.2) is 24.3 Å². The summed E-state index contributed by atoms with van der Waals surface area (Å²) in [4.78, 5) is 24.0. The number of aryl methyl sites for hydroxylation is 1. The van der Waals surface area contributed by atoms with Crippen molar-refractivity contribution in [3.05, 3.63) is 35.4 Å². The zero-order valence-corrected chi connectivity index (χ0v) is 12.0. The fourth-order valence-corrected chi connectivity index (χ4v) is 1.66. The van der Waals surface area contributed by atoms with E-state index >= 15 is 0 Å². The molecule has 0 aromatic heterocycles. The highest BCUT2D eigenvalue weighted by atomic mass is 16.2. The molecule has 19 heavy (non-hydrogen) atoms. The van der Waals surface area contributed by atoms with E-state index in [1.807, 2.05) is 26.0 Å². The van der Waals surface area contributed by atoms with Gasteiger partial charge in [0, 0.05) is 12.1 Å².